The van der Waals surface area contributed by atoms with E-state index in [1.165, 1.54) is 6.92 Å². The molecule has 102 valence electrons. The lowest BCUT2D eigenvalue weighted by atomic mass is 10.0. The number of carbonyl (C=O) groups is 1. The van der Waals surface area contributed by atoms with Crippen molar-refractivity contribution in [3.8, 4) is 6.07 Å². The van der Waals surface area contributed by atoms with Gasteiger partial charge in [-0.25, -0.2) is 9.78 Å². The highest BCUT2D eigenvalue weighted by Gasteiger charge is 2.45. The van der Waals surface area contributed by atoms with E-state index < -0.39 is 23.1 Å². The molecule has 0 spiro atoms. The Morgan fingerprint density at radius 3 is 2.80 bits per heavy atom. The van der Waals surface area contributed by atoms with Crippen LogP contribution in [0.1, 0.15) is 18.2 Å². The summed E-state index contributed by atoms with van der Waals surface area (Å²) in [6.07, 6.45) is 0. The molecule has 20 heavy (non-hydrogen) atoms. The van der Waals surface area contributed by atoms with Gasteiger partial charge in [-0.3, -0.25) is 0 Å². The van der Waals surface area contributed by atoms with Crippen molar-refractivity contribution in [2.75, 3.05) is 6.61 Å². The number of nitriles is 1. The molecule has 0 unspecified atom stereocenters. The average molecular weight is 276 g/mol. The number of nitrogens with zero attached hydrogens (tertiary/aromatic N) is 2. The minimum Gasteiger partial charge on any atom is -0.461 e. The number of benzene rings is 1. The maximum Gasteiger partial charge on any atom is 0.382 e. The SMILES string of the molecule is CCOC(=O)C(F)(F)c1cc2ccccc2nc1C#N. The molecule has 6 heteroatoms. The number of carbonyl (C=O) groups excluding carboxylic acids is 1. The lowest BCUT2D eigenvalue weighted by molar-refractivity contribution is -0.173. The van der Waals surface area contributed by atoms with Crippen LogP contribution in [-0.4, -0.2) is 17.6 Å². The van der Waals surface area contributed by atoms with Crippen molar-refractivity contribution in [1.82, 2.24) is 4.98 Å². The van der Waals surface area contributed by atoms with E-state index >= 15 is 0 Å². The van der Waals surface area contributed by atoms with Crippen molar-refractivity contribution < 1.29 is 18.3 Å². The van der Waals surface area contributed by atoms with Crippen LogP contribution in [0.4, 0.5) is 8.78 Å². The van der Waals surface area contributed by atoms with Crippen LogP contribution in [-0.2, 0) is 15.5 Å². The maximum absolute atomic E-state index is 14.0. The number of rotatable bonds is 3. The van der Waals surface area contributed by atoms with Gasteiger partial charge in [-0.1, -0.05) is 18.2 Å². The van der Waals surface area contributed by atoms with E-state index in [9.17, 15) is 13.6 Å². The summed E-state index contributed by atoms with van der Waals surface area (Å²) in [5.41, 5.74) is -0.814. The third-order valence-corrected chi connectivity index (χ3v) is 2.70. The fourth-order valence-corrected chi connectivity index (χ4v) is 1.77. The Hall–Kier alpha value is -2.55. The normalized spacial score (nSPS) is 11.1. The molecule has 1 aromatic heterocycles. The van der Waals surface area contributed by atoms with Crippen LogP contribution < -0.4 is 0 Å². The zero-order valence-electron chi connectivity index (χ0n) is 10.6. The number of hydrogen-bond donors (Lipinski definition) is 0. The van der Waals surface area contributed by atoms with Crippen LogP contribution in [0.25, 0.3) is 10.9 Å². The molecule has 0 aliphatic rings. The molecular formula is C14H10F2N2O2. The maximum atomic E-state index is 14.0. The van der Waals surface area contributed by atoms with E-state index in [1.54, 1.807) is 30.3 Å². The van der Waals surface area contributed by atoms with E-state index in [2.05, 4.69) is 9.72 Å². The van der Waals surface area contributed by atoms with Gasteiger partial charge >= 0.3 is 11.9 Å². The number of hydrogen-bond acceptors (Lipinski definition) is 4. The number of fused-ring (bicyclic) bond motifs is 1. The topological polar surface area (TPSA) is 63.0 Å². The summed E-state index contributed by atoms with van der Waals surface area (Å²) in [6.45, 7) is 1.26. The molecule has 0 amide bonds. The van der Waals surface area contributed by atoms with Gasteiger partial charge in [-0.2, -0.15) is 14.0 Å². The van der Waals surface area contributed by atoms with Crippen molar-refractivity contribution in [1.29, 1.82) is 5.26 Å². The zero-order valence-corrected chi connectivity index (χ0v) is 10.6. The zero-order chi connectivity index (χ0) is 14.8. The van der Waals surface area contributed by atoms with E-state index in [1.807, 2.05) is 0 Å². The highest BCUT2D eigenvalue weighted by Crippen LogP contribution is 2.33. The van der Waals surface area contributed by atoms with E-state index in [0.29, 0.717) is 10.9 Å². The molecule has 0 saturated heterocycles. The number of aromatic nitrogens is 1. The number of alkyl halides is 2. The summed E-state index contributed by atoms with van der Waals surface area (Å²) < 4.78 is 32.4. The van der Waals surface area contributed by atoms with Crippen LogP contribution >= 0.6 is 0 Å². The molecular weight excluding hydrogens is 266 g/mol. The highest BCUT2D eigenvalue weighted by molar-refractivity contribution is 5.85. The Labute approximate surface area is 113 Å². The first-order chi connectivity index (χ1) is 9.50. The Kier molecular flexibility index (Phi) is 3.61. The van der Waals surface area contributed by atoms with Crippen molar-refractivity contribution in [2.24, 2.45) is 0 Å². The van der Waals surface area contributed by atoms with Crippen LogP contribution in [0.3, 0.4) is 0 Å². The van der Waals surface area contributed by atoms with Gasteiger partial charge < -0.3 is 4.74 Å². The lowest BCUT2D eigenvalue weighted by Crippen LogP contribution is -2.29. The minimum atomic E-state index is -3.90. The fourth-order valence-electron chi connectivity index (χ4n) is 1.77. The Balaban J connectivity index is 2.63. The lowest BCUT2D eigenvalue weighted by Gasteiger charge is -2.16. The number of pyridine rings is 1. The van der Waals surface area contributed by atoms with Gasteiger partial charge in [-0.05, 0) is 19.1 Å². The monoisotopic (exact) mass is 276 g/mol. The largest absolute Gasteiger partial charge is 0.461 e. The molecule has 0 aliphatic carbocycles. The van der Waals surface area contributed by atoms with Gasteiger partial charge in [0.05, 0.1) is 17.7 Å². The summed E-state index contributed by atoms with van der Waals surface area (Å²) in [7, 11) is 0. The first kappa shape index (κ1) is 13.9. The molecule has 4 nitrogen and oxygen atoms in total. The summed E-state index contributed by atoms with van der Waals surface area (Å²) in [5.74, 6) is -5.59. The van der Waals surface area contributed by atoms with E-state index in [-0.39, 0.29) is 6.61 Å². The third kappa shape index (κ3) is 2.30. The van der Waals surface area contributed by atoms with Crippen molar-refractivity contribution >= 4 is 16.9 Å². The van der Waals surface area contributed by atoms with Gasteiger partial charge in [0.2, 0.25) is 0 Å². The number of halogens is 2. The van der Waals surface area contributed by atoms with Crippen molar-refractivity contribution in [2.45, 2.75) is 12.8 Å². The number of esters is 1. The standard InChI is InChI=1S/C14H10F2N2O2/c1-2-20-13(19)14(15,16)10-7-9-5-3-4-6-11(9)18-12(10)8-17/h3-7H,2H2,1H3. The molecule has 0 saturated carbocycles. The van der Waals surface area contributed by atoms with Gasteiger partial charge in [0.25, 0.3) is 0 Å². The van der Waals surface area contributed by atoms with Gasteiger partial charge in [0.15, 0.2) is 5.69 Å². The second kappa shape index (κ2) is 5.21. The van der Waals surface area contributed by atoms with Crippen LogP contribution in [0, 0.1) is 11.3 Å². The molecule has 0 radical (unpaired) electrons. The quantitative estimate of drug-likeness (QED) is 0.809. The van der Waals surface area contributed by atoms with Gasteiger partial charge in [0.1, 0.15) is 6.07 Å². The van der Waals surface area contributed by atoms with E-state index in [0.717, 1.165) is 6.07 Å². The minimum absolute atomic E-state index is 0.169. The van der Waals surface area contributed by atoms with Gasteiger partial charge in [-0.15, -0.1) is 0 Å². The van der Waals surface area contributed by atoms with Crippen LogP contribution in [0.15, 0.2) is 30.3 Å². The molecule has 2 aromatic rings. The van der Waals surface area contributed by atoms with E-state index in [4.69, 9.17) is 5.26 Å². The van der Waals surface area contributed by atoms with Crippen molar-refractivity contribution in [3.63, 3.8) is 0 Å². The summed E-state index contributed by atoms with van der Waals surface area (Å²) in [5, 5.41) is 9.38. The van der Waals surface area contributed by atoms with Crippen molar-refractivity contribution in [3.05, 3.63) is 41.6 Å². The predicted octanol–water partition coefficient (Wildman–Crippen LogP) is 2.76. The Morgan fingerprint density at radius 2 is 2.15 bits per heavy atom. The summed E-state index contributed by atoms with van der Waals surface area (Å²) in [4.78, 5) is 15.2. The highest BCUT2D eigenvalue weighted by atomic mass is 19.3. The second-order valence-corrected chi connectivity index (χ2v) is 3.98. The smallest absolute Gasteiger partial charge is 0.382 e. The third-order valence-electron chi connectivity index (χ3n) is 2.70. The summed E-state index contributed by atoms with van der Waals surface area (Å²) >= 11 is 0. The molecule has 0 fully saturated rings. The van der Waals surface area contributed by atoms with Crippen LogP contribution in [0.5, 0.6) is 0 Å². The second-order valence-electron chi connectivity index (χ2n) is 3.98. The predicted molar refractivity (Wildman–Crippen MR) is 67.0 cm³/mol. The average Bonchev–Trinajstić information content (AvgIpc) is 2.46. The summed E-state index contributed by atoms with van der Waals surface area (Å²) in [6, 6.07) is 9.20. The molecule has 0 atom stereocenters. The van der Waals surface area contributed by atoms with Crippen LogP contribution in [0.2, 0.25) is 0 Å². The first-order valence-electron chi connectivity index (χ1n) is 5.86. The molecule has 1 aromatic carbocycles. The molecule has 0 aliphatic heterocycles. The first-order valence-corrected chi connectivity index (χ1v) is 5.86. The fraction of sp³-hybridized carbons (Fsp3) is 0.214. The molecule has 0 N–H and O–H groups in total. The molecule has 2 rings (SSSR count). The van der Waals surface area contributed by atoms with Gasteiger partial charge in [0, 0.05) is 5.39 Å². The number of para-hydroxylation sites is 1. The Morgan fingerprint density at radius 1 is 1.45 bits per heavy atom. The molecule has 0 bridgehead atoms. The Bertz CT molecular complexity index is 708. The molecule has 1 heterocycles. The number of ether oxygens (including phenoxy) is 1.